The highest BCUT2D eigenvalue weighted by atomic mass is 19.4. The van der Waals surface area contributed by atoms with Crippen LogP contribution in [-0.4, -0.2) is 29.8 Å². The Morgan fingerprint density at radius 3 is 2.62 bits per heavy atom. The van der Waals surface area contributed by atoms with Gasteiger partial charge in [0.1, 0.15) is 5.82 Å². The molecule has 9 heteroatoms. The predicted octanol–water partition coefficient (Wildman–Crippen LogP) is 2.76. The average molecular weight is 407 g/mol. The van der Waals surface area contributed by atoms with Crippen LogP contribution < -0.4 is 10.6 Å². The van der Waals surface area contributed by atoms with Gasteiger partial charge in [0.2, 0.25) is 5.91 Å². The third-order valence-corrected chi connectivity index (χ3v) is 5.13. The maximum Gasteiger partial charge on any atom is 0.416 e. The largest absolute Gasteiger partial charge is 0.416 e. The molecule has 29 heavy (non-hydrogen) atoms. The number of piperazine rings is 1. The van der Waals surface area contributed by atoms with Crippen LogP contribution in [0.25, 0.3) is 0 Å². The third kappa shape index (κ3) is 3.95. The Balaban J connectivity index is 1.54. The van der Waals surface area contributed by atoms with Crippen LogP contribution in [0.15, 0.2) is 36.4 Å². The Morgan fingerprint density at radius 2 is 1.86 bits per heavy atom. The van der Waals surface area contributed by atoms with Crippen LogP contribution in [-0.2, 0) is 24.1 Å². The van der Waals surface area contributed by atoms with E-state index >= 15 is 0 Å². The van der Waals surface area contributed by atoms with Gasteiger partial charge in [-0.1, -0.05) is 12.1 Å². The van der Waals surface area contributed by atoms with Crippen LogP contribution in [0, 0.1) is 5.82 Å². The number of halogens is 4. The van der Waals surface area contributed by atoms with Crippen molar-refractivity contribution in [3.63, 3.8) is 0 Å². The molecule has 2 aliphatic rings. The Hall–Kier alpha value is -2.94. The molecule has 0 bridgehead atoms. The van der Waals surface area contributed by atoms with Gasteiger partial charge in [0.25, 0.3) is 5.91 Å². The monoisotopic (exact) mass is 407 g/mol. The van der Waals surface area contributed by atoms with Crippen LogP contribution in [0.4, 0.5) is 17.6 Å². The summed E-state index contributed by atoms with van der Waals surface area (Å²) >= 11 is 0. The average Bonchev–Trinajstić information content (AvgIpc) is 3.03. The van der Waals surface area contributed by atoms with Crippen LogP contribution in [0.2, 0.25) is 0 Å². The summed E-state index contributed by atoms with van der Waals surface area (Å²) in [6, 6.07) is 7.45. The number of benzene rings is 2. The van der Waals surface area contributed by atoms with E-state index in [0.717, 1.165) is 23.3 Å². The summed E-state index contributed by atoms with van der Waals surface area (Å²) in [4.78, 5) is 25.4. The van der Waals surface area contributed by atoms with E-state index in [0.29, 0.717) is 18.2 Å². The summed E-state index contributed by atoms with van der Waals surface area (Å²) in [5, 5.41) is 5.83. The summed E-state index contributed by atoms with van der Waals surface area (Å²) in [5.74, 6) is -1.41. The first-order valence-corrected chi connectivity index (χ1v) is 8.99. The molecule has 1 unspecified atom stereocenters. The fourth-order valence-corrected chi connectivity index (χ4v) is 3.68. The standard InChI is InChI=1S/C20H17F4N3O2/c21-15-4-11(3-14(6-15)20(22,23)24)9-27-10-17(25-8-18(27)28)12-1-2-16-13(5-12)7-26-19(16)29/h1-6,17,25H,7-10H2,(H,26,29). The van der Waals surface area contributed by atoms with Gasteiger partial charge in [-0.2, -0.15) is 13.2 Å². The minimum absolute atomic E-state index is 0.0143. The Labute approximate surface area is 163 Å². The molecule has 0 spiro atoms. The lowest BCUT2D eigenvalue weighted by Gasteiger charge is -2.34. The second-order valence-corrected chi connectivity index (χ2v) is 7.15. The first kappa shape index (κ1) is 19.4. The SMILES string of the molecule is O=C1NCc2cc(C3CN(Cc4cc(F)cc(C(F)(F)F)c4)C(=O)CN3)ccc21. The van der Waals surface area contributed by atoms with E-state index in [4.69, 9.17) is 0 Å². The van der Waals surface area contributed by atoms with Crippen molar-refractivity contribution in [3.05, 3.63) is 70.0 Å². The zero-order valence-electron chi connectivity index (χ0n) is 15.1. The zero-order chi connectivity index (χ0) is 20.8. The lowest BCUT2D eigenvalue weighted by atomic mass is 9.99. The van der Waals surface area contributed by atoms with Crippen LogP contribution in [0.1, 0.15) is 38.7 Å². The predicted molar refractivity (Wildman–Crippen MR) is 95.2 cm³/mol. The van der Waals surface area contributed by atoms with Crippen molar-refractivity contribution < 1.29 is 27.2 Å². The first-order chi connectivity index (χ1) is 13.7. The van der Waals surface area contributed by atoms with Gasteiger partial charge in [0.05, 0.1) is 18.2 Å². The summed E-state index contributed by atoms with van der Waals surface area (Å²) in [5.41, 5.74) is 1.33. The fraction of sp³-hybridized carbons (Fsp3) is 0.300. The number of amides is 2. The molecule has 5 nitrogen and oxygen atoms in total. The molecule has 2 aromatic rings. The number of nitrogens with zero attached hydrogens (tertiary/aromatic N) is 1. The quantitative estimate of drug-likeness (QED) is 0.770. The maximum absolute atomic E-state index is 13.7. The van der Waals surface area contributed by atoms with Crippen molar-refractivity contribution in [2.45, 2.75) is 25.3 Å². The molecule has 0 saturated carbocycles. The van der Waals surface area contributed by atoms with Crippen molar-refractivity contribution >= 4 is 11.8 Å². The van der Waals surface area contributed by atoms with Crippen molar-refractivity contribution in [1.82, 2.24) is 15.5 Å². The molecule has 2 amide bonds. The third-order valence-electron chi connectivity index (χ3n) is 5.13. The molecule has 2 aromatic carbocycles. The van der Waals surface area contributed by atoms with Crippen LogP contribution in [0.3, 0.4) is 0 Å². The number of hydrogen-bond acceptors (Lipinski definition) is 3. The number of carbonyl (C=O) groups is 2. The van der Waals surface area contributed by atoms with Gasteiger partial charge < -0.3 is 10.2 Å². The molecule has 152 valence electrons. The van der Waals surface area contributed by atoms with Crippen molar-refractivity contribution in [2.24, 2.45) is 0 Å². The topological polar surface area (TPSA) is 61.4 Å². The molecule has 4 rings (SSSR count). The Kier molecular flexibility index (Phi) is 4.77. The Morgan fingerprint density at radius 1 is 1.07 bits per heavy atom. The summed E-state index contributed by atoms with van der Waals surface area (Å²) < 4.78 is 52.5. The second-order valence-electron chi connectivity index (χ2n) is 7.15. The van der Waals surface area contributed by atoms with Gasteiger partial charge in [0.15, 0.2) is 0 Å². The molecular weight excluding hydrogens is 390 g/mol. The van der Waals surface area contributed by atoms with E-state index in [1.807, 2.05) is 6.07 Å². The van der Waals surface area contributed by atoms with Gasteiger partial charge in [-0.25, -0.2) is 4.39 Å². The number of rotatable bonds is 3. The minimum Gasteiger partial charge on any atom is -0.348 e. The van der Waals surface area contributed by atoms with Crippen molar-refractivity contribution in [2.75, 3.05) is 13.1 Å². The summed E-state index contributed by atoms with van der Waals surface area (Å²) in [6.07, 6.45) is -4.66. The van der Waals surface area contributed by atoms with E-state index in [1.165, 1.54) is 4.90 Å². The molecule has 0 aromatic heterocycles. The van der Waals surface area contributed by atoms with E-state index in [-0.39, 0.29) is 43.1 Å². The fourth-order valence-electron chi connectivity index (χ4n) is 3.68. The van der Waals surface area contributed by atoms with Crippen molar-refractivity contribution in [1.29, 1.82) is 0 Å². The van der Waals surface area contributed by atoms with Gasteiger partial charge in [-0.15, -0.1) is 0 Å². The van der Waals surface area contributed by atoms with Crippen LogP contribution >= 0.6 is 0 Å². The molecule has 0 radical (unpaired) electrons. The number of fused-ring (bicyclic) bond motifs is 1. The zero-order valence-corrected chi connectivity index (χ0v) is 15.1. The highest BCUT2D eigenvalue weighted by Crippen LogP contribution is 2.31. The van der Waals surface area contributed by atoms with E-state index in [1.54, 1.807) is 12.1 Å². The summed E-state index contributed by atoms with van der Waals surface area (Å²) in [6.45, 7) is 0.543. The van der Waals surface area contributed by atoms with Crippen LogP contribution in [0.5, 0.6) is 0 Å². The van der Waals surface area contributed by atoms with Gasteiger partial charge in [-0.3, -0.25) is 14.9 Å². The maximum atomic E-state index is 13.7. The number of hydrogen-bond donors (Lipinski definition) is 2. The van der Waals surface area contributed by atoms with E-state index in [2.05, 4.69) is 10.6 Å². The van der Waals surface area contributed by atoms with E-state index < -0.39 is 17.6 Å². The molecule has 1 atom stereocenters. The number of carbonyl (C=O) groups excluding carboxylic acids is 2. The van der Waals surface area contributed by atoms with E-state index in [9.17, 15) is 27.2 Å². The van der Waals surface area contributed by atoms with Crippen molar-refractivity contribution in [3.8, 4) is 0 Å². The van der Waals surface area contributed by atoms with Gasteiger partial charge >= 0.3 is 6.18 Å². The molecule has 1 saturated heterocycles. The lowest BCUT2D eigenvalue weighted by molar-refractivity contribution is -0.137. The molecule has 2 aliphatic heterocycles. The molecule has 2 heterocycles. The van der Waals surface area contributed by atoms with Gasteiger partial charge in [0, 0.05) is 25.2 Å². The molecular formula is C20H17F4N3O2. The minimum atomic E-state index is -4.66. The highest BCUT2D eigenvalue weighted by Gasteiger charge is 2.32. The Bertz CT molecular complexity index is 990. The van der Waals surface area contributed by atoms with Gasteiger partial charge in [-0.05, 0) is 41.0 Å². The smallest absolute Gasteiger partial charge is 0.348 e. The summed E-state index contributed by atoms with van der Waals surface area (Å²) in [7, 11) is 0. The lowest BCUT2D eigenvalue weighted by Crippen LogP contribution is -2.49. The molecule has 0 aliphatic carbocycles. The second kappa shape index (κ2) is 7.14. The highest BCUT2D eigenvalue weighted by molar-refractivity contribution is 5.98. The first-order valence-electron chi connectivity index (χ1n) is 8.99. The number of nitrogens with one attached hydrogen (secondary N) is 2. The normalized spacial score (nSPS) is 19.3. The molecule has 2 N–H and O–H groups in total. The molecule has 1 fully saturated rings. The number of alkyl halides is 3.